The fraction of sp³-hybridized carbons (Fsp3) is 0.429. The first-order valence-corrected chi connectivity index (χ1v) is 8.64. The van der Waals surface area contributed by atoms with Crippen LogP contribution in [0.25, 0.3) is 11.2 Å². The van der Waals surface area contributed by atoms with Crippen LogP contribution in [0.4, 0.5) is 0 Å². The molecule has 3 rings (SSSR count). The number of carbonyl (C=O) groups is 2. The SMILES string of the molecule is NC(=O)[C@H]1CCCCN1C(=O)CSc1nc2ncc(Cl)cc2[nH]1. The summed E-state index contributed by atoms with van der Waals surface area (Å²) in [5, 5.41) is 1.11. The van der Waals surface area contributed by atoms with Gasteiger partial charge in [-0.3, -0.25) is 9.59 Å². The minimum Gasteiger partial charge on any atom is -0.368 e. The molecule has 1 atom stereocenters. The van der Waals surface area contributed by atoms with Crippen molar-refractivity contribution in [3.63, 3.8) is 0 Å². The largest absolute Gasteiger partial charge is 0.368 e. The number of likely N-dealkylation sites (tertiary alicyclic amines) is 1. The highest BCUT2D eigenvalue weighted by molar-refractivity contribution is 7.99. The number of thioether (sulfide) groups is 1. The normalized spacial score (nSPS) is 18.3. The van der Waals surface area contributed by atoms with Crippen molar-refractivity contribution in [2.75, 3.05) is 12.3 Å². The Hall–Kier alpha value is -1.80. The van der Waals surface area contributed by atoms with Gasteiger partial charge in [-0.05, 0) is 25.3 Å². The second-order valence-electron chi connectivity index (χ2n) is 5.36. The quantitative estimate of drug-likeness (QED) is 0.812. The summed E-state index contributed by atoms with van der Waals surface area (Å²) in [7, 11) is 0. The van der Waals surface area contributed by atoms with Crippen molar-refractivity contribution in [2.45, 2.75) is 30.5 Å². The Bertz CT molecular complexity index is 750. The number of nitrogens with two attached hydrogens (primary N) is 1. The van der Waals surface area contributed by atoms with E-state index in [1.165, 1.54) is 18.0 Å². The second-order valence-corrected chi connectivity index (χ2v) is 6.76. The molecule has 0 aliphatic carbocycles. The summed E-state index contributed by atoms with van der Waals surface area (Å²) in [6.07, 6.45) is 3.97. The Morgan fingerprint density at radius 2 is 2.30 bits per heavy atom. The molecule has 9 heteroatoms. The van der Waals surface area contributed by atoms with Crippen molar-refractivity contribution < 1.29 is 9.59 Å². The molecule has 2 aromatic rings. The number of aromatic amines is 1. The van der Waals surface area contributed by atoms with Gasteiger partial charge in [0.15, 0.2) is 10.8 Å². The number of amides is 2. The summed E-state index contributed by atoms with van der Waals surface area (Å²) in [4.78, 5) is 36.9. The van der Waals surface area contributed by atoms with Gasteiger partial charge < -0.3 is 15.6 Å². The van der Waals surface area contributed by atoms with Crippen molar-refractivity contribution in [3.05, 3.63) is 17.3 Å². The number of nitrogens with zero attached hydrogens (tertiary/aromatic N) is 3. The number of imidazole rings is 1. The summed E-state index contributed by atoms with van der Waals surface area (Å²) < 4.78 is 0. The van der Waals surface area contributed by atoms with E-state index >= 15 is 0 Å². The van der Waals surface area contributed by atoms with Gasteiger partial charge in [0.2, 0.25) is 11.8 Å². The van der Waals surface area contributed by atoms with Crippen molar-refractivity contribution in [1.29, 1.82) is 0 Å². The molecular weight excluding hydrogens is 338 g/mol. The molecule has 3 N–H and O–H groups in total. The summed E-state index contributed by atoms with van der Waals surface area (Å²) >= 11 is 7.16. The van der Waals surface area contributed by atoms with Crippen LogP contribution in [0.15, 0.2) is 17.4 Å². The van der Waals surface area contributed by atoms with Crippen LogP contribution >= 0.6 is 23.4 Å². The van der Waals surface area contributed by atoms with Crippen LogP contribution in [-0.4, -0.2) is 50.0 Å². The van der Waals surface area contributed by atoms with Crippen LogP contribution in [0.2, 0.25) is 5.02 Å². The van der Waals surface area contributed by atoms with Gasteiger partial charge in [0.25, 0.3) is 0 Å². The topological polar surface area (TPSA) is 105 Å². The number of rotatable bonds is 4. The van der Waals surface area contributed by atoms with E-state index in [9.17, 15) is 9.59 Å². The minimum absolute atomic E-state index is 0.107. The predicted molar refractivity (Wildman–Crippen MR) is 88.2 cm³/mol. The lowest BCUT2D eigenvalue weighted by atomic mass is 10.0. The van der Waals surface area contributed by atoms with Crippen molar-refractivity contribution in [2.24, 2.45) is 5.73 Å². The Morgan fingerprint density at radius 1 is 1.48 bits per heavy atom. The molecular formula is C14H16ClN5O2S. The molecule has 1 saturated heterocycles. The maximum absolute atomic E-state index is 12.4. The zero-order chi connectivity index (χ0) is 16.4. The monoisotopic (exact) mass is 353 g/mol. The summed E-state index contributed by atoms with van der Waals surface area (Å²) in [6.45, 7) is 0.574. The average Bonchev–Trinajstić information content (AvgIpc) is 2.94. The second kappa shape index (κ2) is 6.76. The lowest BCUT2D eigenvalue weighted by Crippen LogP contribution is -2.51. The number of piperidine rings is 1. The standard InChI is InChI=1S/C14H16ClN5O2S/c15-8-5-9-13(17-6-8)19-14(18-9)23-7-11(21)20-4-2-1-3-10(20)12(16)22/h5-6,10H,1-4,7H2,(H2,16,22)(H,17,18,19)/t10-/m1/s1. The van der Waals surface area contributed by atoms with E-state index in [2.05, 4.69) is 15.0 Å². The van der Waals surface area contributed by atoms with E-state index < -0.39 is 11.9 Å². The van der Waals surface area contributed by atoms with Gasteiger partial charge in [-0.2, -0.15) is 0 Å². The highest BCUT2D eigenvalue weighted by atomic mass is 35.5. The van der Waals surface area contributed by atoms with E-state index in [4.69, 9.17) is 17.3 Å². The van der Waals surface area contributed by atoms with Gasteiger partial charge in [-0.1, -0.05) is 23.4 Å². The first kappa shape index (κ1) is 16.1. The van der Waals surface area contributed by atoms with Gasteiger partial charge >= 0.3 is 0 Å². The van der Waals surface area contributed by atoms with Crippen LogP contribution in [0.5, 0.6) is 0 Å². The Balaban J connectivity index is 1.66. The van der Waals surface area contributed by atoms with Gasteiger partial charge in [-0.15, -0.1) is 0 Å². The number of nitrogens with one attached hydrogen (secondary N) is 1. The Labute approximate surface area is 142 Å². The maximum atomic E-state index is 12.4. The molecule has 7 nitrogen and oxygen atoms in total. The van der Waals surface area contributed by atoms with Gasteiger partial charge in [0.1, 0.15) is 6.04 Å². The van der Waals surface area contributed by atoms with Gasteiger partial charge in [-0.25, -0.2) is 9.97 Å². The summed E-state index contributed by atoms with van der Waals surface area (Å²) in [6, 6.07) is 1.24. The highest BCUT2D eigenvalue weighted by Gasteiger charge is 2.30. The molecule has 0 saturated carbocycles. The van der Waals surface area contributed by atoms with Crippen LogP contribution in [0, 0.1) is 0 Å². The lowest BCUT2D eigenvalue weighted by molar-refractivity contribution is -0.138. The number of primary amides is 1. The third kappa shape index (κ3) is 3.59. The smallest absolute Gasteiger partial charge is 0.240 e. The van der Waals surface area contributed by atoms with Crippen molar-refractivity contribution >= 4 is 46.3 Å². The van der Waals surface area contributed by atoms with Crippen LogP contribution < -0.4 is 5.73 Å². The lowest BCUT2D eigenvalue weighted by Gasteiger charge is -2.33. The molecule has 1 aliphatic rings. The molecule has 0 unspecified atom stereocenters. The number of halogens is 1. The molecule has 2 amide bonds. The van der Waals surface area contributed by atoms with Gasteiger partial charge in [0.05, 0.1) is 16.3 Å². The predicted octanol–water partition coefficient (Wildman–Crippen LogP) is 1.57. The third-order valence-corrected chi connectivity index (χ3v) is 4.83. The fourth-order valence-corrected chi connectivity index (χ4v) is 3.58. The zero-order valence-electron chi connectivity index (χ0n) is 12.3. The number of hydrogen-bond acceptors (Lipinski definition) is 5. The molecule has 122 valence electrons. The molecule has 2 aromatic heterocycles. The van der Waals surface area contributed by atoms with E-state index in [-0.39, 0.29) is 11.7 Å². The molecule has 0 radical (unpaired) electrons. The summed E-state index contributed by atoms with van der Waals surface area (Å²) in [5.41, 5.74) is 6.66. The van der Waals surface area contributed by atoms with E-state index in [0.717, 1.165) is 18.4 Å². The third-order valence-electron chi connectivity index (χ3n) is 3.77. The van der Waals surface area contributed by atoms with Gasteiger partial charge in [0, 0.05) is 12.7 Å². The van der Waals surface area contributed by atoms with Crippen LogP contribution in [0.1, 0.15) is 19.3 Å². The zero-order valence-corrected chi connectivity index (χ0v) is 13.9. The highest BCUT2D eigenvalue weighted by Crippen LogP contribution is 2.23. The van der Waals surface area contributed by atoms with E-state index in [0.29, 0.717) is 28.8 Å². The first-order chi connectivity index (χ1) is 11.0. The van der Waals surface area contributed by atoms with Crippen LogP contribution in [0.3, 0.4) is 0 Å². The number of fused-ring (bicyclic) bond motifs is 1. The summed E-state index contributed by atoms with van der Waals surface area (Å²) in [5.74, 6) is -0.354. The molecule has 0 aromatic carbocycles. The van der Waals surface area contributed by atoms with Crippen molar-refractivity contribution in [3.8, 4) is 0 Å². The molecule has 1 aliphatic heterocycles. The minimum atomic E-state index is -0.493. The molecule has 1 fully saturated rings. The molecule has 0 bridgehead atoms. The first-order valence-electron chi connectivity index (χ1n) is 7.27. The number of carbonyl (C=O) groups excluding carboxylic acids is 2. The number of hydrogen-bond donors (Lipinski definition) is 2. The van der Waals surface area contributed by atoms with Crippen LogP contribution in [-0.2, 0) is 9.59 Å². The number of H-pyrrole nitrogens is 1. The average molecular weight is 354 g/mol. The van der Waals surface area contributed by atoms with E-state index in [1.807, 2.05) is 0 Å². The molecule has 23 heavy (non-hydrogen) atoms. The van der Waals surface area contributed by atoms with Crippen molar-refractivity contribution in [1.82, 2.24) is 19.9 Å². The van der Waals surface area contributed by atoms with E-state index in [1.54, 1.807) is 11.0 Å². The Kier molecular flexibility index (Phi) is 4.72. The molecule has 3 heterocycles. The fourth-order valence-electron chi connectivity index (χ4n) is 2.66. The molecule has 0 spiro atoms. The maximum Gasteiger partial charge on any atom is 0.240 e. The Morgan fingerprint density at radius 3 is 3.09 bits per heavy atom. The number of pyridine rings is 1. The number of aromatic nitrogens is 3.